The maximum Gasteiger partial charge on any atom is 0.140 e. The standard InChI is InChI=1S/C22H31NO5/c1-14-8-17(10-24)22(18(9-14)11-25)28-13-19(26)12-27-21-16(3)15(2)6-5-7-20(21)23-4/h5-6,8-9,15,19,24-26H,7,10-13H2,1-4H3/b23-20+. The average Bonchev–Trinajstić information content (AvgIpc) is 2.82. The molecular formula is C22H31NO5. The lowest BCUT2D eigenvalue weighted by Gasteiger charge is -2.20. The molecule has 1 aliphatic carbocycles. The number of rotatable bonds is 8. The van der Waals surface area contributed by atoms with E-state index >= 15 is 0 Å². The normalized spacial score (nSPS) is 19.7. The van der Waals surface area contributed by atoms with Crippen molar-refractivity contribution in [1.82, 2.24) is 0 Å². The minimum Gasteiger partial charge on any atom is -0.490 e. The highest BCUT2D eigenvalue weighted by Crippen LogP contribution is 2.27. The van der Waals surface area contributed by atoms with E-state index in [1.807, 2.05) is 13.8 Å². The summed E-state index contributed by atoms with van der Waals surface area (Å²) in [6, 6.07) is 3.60. The fraction of sp³-hybridized carbons (Fsp3) is 0.500. The van der Waals surface area contributed by atoms with Gasteiger partial charge in [0.15, 0.2) is 0 Å². The third-order valence-electron chi connectivity index (χ3n) is 4.88. The van der Waals surface area contributed by atoms with Gasteiger partial charge in [-0.25, -0.2) is 0 Å². The fourth-order valence-electron chi connectivity index (χ4n) is 3.20. The molecule has 0 amide bonds. The van der Waals surface area contributed by atoms with Gasteiger partial charge in [0.2, 0.25) is 0 Å². The first-order valence-corrected chi connectivity index (χ1v) is 9.52. The van der Waals surface area contributed by atoms with Gasteiger partial charge in [-0.2, -0.15) is 0 Å². The zero-order valence-corrected chi connectivity index (χ0v) is 17.1. The van der Waals surface area contributed by atoms with Crippen LogP contribution in [0.5, 0.6) is 5.75 Å². The maximum absolute atomic E-state index is 10.4. The summed E-state index contributed by atoms with van der Waals surface area (Å²) < 4.78 is 11.6. The molecule has 1 aromatic carbocycles. The van der Waals surface area contributed by atoms with Crippen LogP contribution in [0, 0.1) is 12.8 Å². The van der Waals surface area contributed by atoms with E-state index in [4.69, 9.17) is 9.47 Å². The molecule has 0 aliphatic heterocycles. The molecule has 2 rings (SSSR count). The second kappa shape index (κ2) is 10.4. The monoisotopic (exact) mass is 389 g/mol. The summed E-state index contributed by atoms with van der Waals surface area (Å²) in [7, 11) is 1.74. The molecule has 3 N–H and O–H groups in total. The Morgan fingerprint density at radius 2 is 1.71 bits per heavy atom. The van der Waals surface area contributed by atoms with Gasteiger partial charge in [-0.1, -0.05) is 36.8 Å². The molecule has 1 aliphatic rings. The van der Waals surface area contributed by atoms with Gasteiger partial charge in [0.1, 0.15) is 30.8 Å². The first-order chi connectivity index (χ1) is 13.4. The van der Waals surface area contributed by atoms with Crippen molar-refractivity contribution in [3.05, 3.63) is 52.3 Å². The number of hydrogen-bond acceptors (Lipinski definition) is 6. The van der Waals surface area contributed by atoms with Crippen molar-refractivity contribution in [2.75, 3.05) is 20.3 Å². The lowest BCUT2D eigenvalue weighted by Crippen LogP contribution is -2.25. The van der Waals surface area contributed by atoms with Crippen molar-refractivity contribution in [2.24, 2.45) is 10.9 Å². The summed E-state index contributed by atoms with van der Waals surface area (Å²) in [5, 5.41) is 29.5. The van der Waals surface area contributed by atoms with E-state index < -0.39 is 6.10 Å². The number of aliphatic hydroxyl groups is 3. The number of nitrogens with zero attached hydrogens (tertiary/aromatic N) is 1. The van der Waals surface area contributed by atoms with Gasteiger partial charge in [0.25, 0.3) is 0 Å². The molecule has 0 saturated carbocycles. The Kier molecular flexibility index (Phi) is 8.23. The van der Waals surface area contributed by atoms with Crippen LogP contribution in [0.15, 0.2) is 40.6 Å². The highest BCUT2D eigenvalue weighted by molar-refractivity contribution is 6.00. The average molecular weight is 389 g/mol. The molecule has 0 saturated heterocycles. The molecule has 1 aromatic rings. The van der Waals surface area contributed by atoms with Crippen molar-refractivity contribution >= 4 is 5.71 Å². The van der Waals surface area contributed by atoms with E-state index in [1.165, 1.54) is 0 Å². The minimum atomic E-state index is -0.871. The quantitative estimate of drug-likeness (QED) is 0.595. The molecular weight excluding hydrogens is 358 g/mol. The van der Waals surface area contributed by atoms with Crippen LogP contribution in [0.4, 0.5) is 0 Å². The molecule has 6 heteroatoms. The molecule has 0 bridgehead atoms. The molecule has 0 fully saturated rings. The number of hydrogen-bond donors (Lipinski definition) is 3. The summed E-state index contributed by atoms with van der Waals surface area (Å²) in [4.78, 5) is 4.31. The summed E-state index contributed by atoms with van der Waals surface area (Å²) >= 11 is 0. The number of aliphatic hydroxyl groups excluding tert-OH is 3. The van der Waals surface area contributed by atoms with Crippen LogP contribution < -0.4 is 4.74 Å². The number of aryl methyl sites for hydroxylation is 1. The Morgan fingerprint density at radius 3 is 2.29 bits per heavy atom. The van der Waals surface area contributed by atoms with Gasteiger partial charge in [-0.15, -0.1) is 0 Å². The Labute approximate surface area is 166 Å². The SMILES string of the molecule is C/N=C1\CC=CC(C)C(C)=C1OCC(O)COc1c(CO)cc(C)cc1CO. The van der Waals surface area contributed by atoms with Crippen molar-refractivity contribution in [1.29, 1.82) is 0 Å². The van der Waals surface area contributed by atoms with E-state index in [1.54, 1.807) is 19.2 Å². The van der Waals surface area contributed by atoms with E-state index in [0.717, 1.165) is 22.6 Å². The van der Waals surface area contributed by atoms with Crippen LogP contribution >= 0.6 is 0 Å². The minimum absolute atomic E-state index is 0.0121. The summed E-state index contributed by atoms with van der Waals surface area (Å²) in [6.07, 6.45) is 4.03. The van der Waals surface area contributed by atoms with Crippen molar-refractivity contribution in [2.45, 2.75) is 46.5 Å². The van der Waals surface area contributed by atoms with Crippen LogP contribution in [0.2, 0.25) is 0 Å². The van der Waals surface area contributed by atoms with Gasteiger partial charge in [0.05, 0.1) is 18.9 Å². The van der Waals surface area contributed by atoms with Gasteiger partial charge >= 0.3 is 0 Å². The predicted molar refractivity (Wildman–Crippen MR) is 109 cm³/mol. The molecule has 0 aromatic heterocycles. The van der Waals surface area contributed by atoms with Crippen LogP contribution in [0.3, 0.4) is 0 Å². The lowest BCUT2D eigenvalue weighted by atomic mass is 10.0. The molecule has 2 atom stereocenters. The smallest absolute Gasteiger partial charge is 0.140 e. The summed E-state index contributed by atoms with van der Waals surface area (Å²) in [5.41, 5.74) is 4.02. The summed E-state index contributed by atoms with van der Waals surface area (Å²) in [6.45, 7) is 5.63. The predicted octanol–water partition coefficient (Wildman–Crippen LogP) is 2.68. The molecule has 154 valence electrons. The van der Waals surface area contributed by atoms with Crippen LogP contribution in [-0.2, 0) is 18.0 Å². The van der Waals surface area contributed by atoms with Crippen molar-refractivity contribution < 1.29 is 24.8 Å². The zero-order valence-electron chi connectivity index (χ0n) is 17.1. The molecule has 6 nitrogen and oxygen atoms in total. The van der Waals surface area contributed by atoms with E-state index in [-0.39, 0.29) is 32.3 Å². The number of benzene rings is 1. The Hall–Kier alpha value is -2.15. The second-order valence-corrected chi connectivity index (χ2v) is 7.11. The molecule has 0 radical (unpaired) electrons. The number of aliphatic imine (C=N–C) groups is 1. The lowest BCUT2D eigenvalue weighted by molar-refractivity contribution is 0.0398. The zero-order chi connectivity index (χ0) is 20.7. The highest BCUT2D eigenvalue weighted by atomic mass is 16.5. The Balaban J connectivity index is 2.04. The Bertz CT molecular complexity index is 741. The molecule has 0 spiro atoms. The van der Waals surface area contributed by atoms with Crippen molar-refractivity contribution in [3.63, 3.8) is 0 Å². The van der Waals surface area contributed by atoms with E-state index in [9.17, 15) is 15.3 Å². The molecule has 0 heterocycles. The van der Waals surface area contributed by atoms with E-state index in [2.05, 4.69) is 24.1 Å². The van der Waals surface area contributed by atoms with Crippen LogP contribution in [-0.4, -0.2) is 47.4 Å². The van der Waals surface area contributed by atoms with Gasteiger partial charge < -0.3 is 24.8 Å². The van der Waals surface area contributed by atoms with Gasteiger partial charge in [-0.05, 0) is 25.3 Å². The number of ether oxygens (including phenoxy) is 2. The summed E-state index contributed by atoms with van der Waals surface area (Å²) in [5.74, 6) is 1.38. The highest BCUT2D eigenvalue weighted by Gasteiger charge is 2.19. The van der Waals surface area contributed by atoms with Gasteiger partial charge in [-0.3, -0.25) is 4.99 Å². The maximum atomic E-state index is 10.4. The first-order valence-electron chi connectivity index (χ1n) is 9.52. The molecule has 28 heavy (non-hydrogen) atoms. The third-order valence-corrected chi connectivity index (χ3v) is 4.88. The number of allylic oxidation sites excluding steroid dienone is 4. The fourth-order valence-corrected chi connectivity index (χ4v) is 3.20. The van der Waals surface area contributed by atoms with Crippen LogP contribution in [0.1, 0.15) is 37.0 Å². The van der Waals surface area contributed by atoms with E-state index in [0.29, 0.717) is 23.3 Å². The Morgan fingerprint density at radius 1 is 1.11 bits per heavy atom. The second-order valence-electron chi connectivity index (χ2n) is 7.11. The van der Waals surface area contributed by atoms with Gasteiger partial charge in [0, 0.05) is 24.6 Å². The largest absolute Gasteiger partial charge is 0.490 e. The van der Waals surface area contributed by atoms with Crippen molar-refractivity contribution in [3.8, 4) is 5.75 Å². The molecule has 2 unspecified atom stereocenters. The topological polar surface area (TPSA) is 91.5 Å². The van der Waals surface area contributed by atoms with Crippen LogP contribution in [0.25, 0.3) is 0 Å². The first kappa shape index (κ1) is 22.1. The third kappa shape index (κ3) is 5.44.